The van der Waals surface area contributed by atoms with Crippen molar-refractivity contribution in [3.05, 3.63) is 34.5 Å². The van der Waals surface area contributed by atoms with Crippen LogP contribution in [0.5, 0.6) is 0 Å². The Bertz CT molecular complexity index is 392. The van der Waals surface area contributed by atoms with Crippen molar-refractivity contribution >= 4 is 34.2 Å². The lowest BCUT2D eigenvalue weighted by atomic mass is 10.3. The van der Waals surface area contributed by atoms with Crippen molar-refractivity contribution in [2.45, 2.75) is 0 Å². The van der Waals surface area contributed by atoms with E-state index in [-0.39, 0.29) is 0 Å². The van der Waals surface area contributed by atoms with E-state index in [0.29, 0.717) is 15.6 Å². The Balaban J connectivity index is 2.91. The van der Waals surface area contributed by atoms with E-state index in [1.54, 1.807) is 12.3 Å². The molecule has 3 heteroatoms. The average molecular weight is 187 g/mol. The van der Waals surface area contributed by atoms with Crippen molar-refractivity contribution in [1.82, 2.24) is 0 Å². The van der Waals surface area contributed by atoms with Crippen LogP contribution in [0.15, 0.2) is 28.9 Å². The highest BCUT2D eigenvalue weighted by molar-refractivity contribution is 6.38. The largest absolute Gasteiger partial charge is 0.463 e. The standard InChI is InChI=1S/C8H4Cl2O/c9-6-3-5-1-2-11-8(5)7(10)4-6/h1-4H. The Kier molecular flexibility index (Phi) is 1.55. The number of fused-ring (bicyclic) bond motifs is 1. The fourth-order valence-corrected chi connectivity index (χ4v) is 1.56. The predicted octanol–water partition coefficient (Wildman–Crippen LogP) is 3.74. The van der Waals surface area contributed by atoms with E-state index in [1.165, 1.54) is 0 Å². The smallest absolute Gasteiger partial charge is 0.152 e. The van der Waals surface area contributed by atoms with Gasteiger partial charge in [0, 0.05) is 10.4 Å². The number of rotatable bonds is 0. The SMILES string of the molecule is Clc1cc(Cl)c2occc2c1. The van der Waals surface area contributed by atoms with E-state index >= 15 is 0 Å². The first-order valence-corrected chi connectivity index (χ1v) is 3.85. The lowest BCUT2D eigenvalue weighted by molar-refractivity contribution is 0.616. The van der Waals surface area contributed by atoms with E-state index < -0.39 is 0 Å². The molecule has 1 heterocycles. The molecule has 0 bridgehead atoms. The van der Waals surface area contributed by atoms with Gasteiger partial charge in [-0.15, -0.1) is 0 Å². The van der Waals surface area contributed by atoms with Gasteiger partial charge in [0.2, 0.25) is 0 Å². The number of furan rings is 1. The van der Waals surface area contributed by atoms with Gasteiger partial charge >= 0.3 is 0 Å². The maximum absolute atomic E-state index is 5.83. The van der Waals surface area contributed by atoms with Gasteiger partial charge in [-0.2, -0.15) is 0 Å². The quantitative estimate of drug-likeness (QED) is 0.612. The highest BCUT2D eigenvalue weighted by Gasteiger charge is 2.02. The zero-order valence-corrected chi connectivity index (χ0v) is 6.99. The Hall–Kier alpha value is -0.660. The van der Waals surface area contributed by atoms with Crippen LogP contribution in [0.2, 0.25) is 10.0 Å². The van der Waals surface area contributed by atoms with E-state index in [1.807, 2.05) is 12.1 Å². The Morgan fingerprint density at radius 1 is 1.18 bits per heavy atom. The van der Waals surface area contributed by atoms with Crippen LogP contribution in [-0.2, 0) is 0 Å². The molecule has 0 saturated carbocycles. The maximum atomic E-state index is 5.83. The Morgan fingerprint density at radius 3 is 2.82 bits per heavy atom. The molecule has 0 atom stereocenters. The molecule has 0 unspecified atom stereocenters. The molecule has 0 aliphatic heterocycles. The highest BCUT2D eigenvalue weighted by Crippen LogP contribution is 2.28. The summed E-state index contributed by atoms with van der Waals surface area (Å²) in [7, 11) is 0. The van der Waals surface area contributed by atoms with Crippen LogP contribution >= 0.6 is 23.2 Å². The van der Waals surface area contributed by atoms with Crippen molar-refractivity contribution in [2.75, 3.05) is 0 Å². The molecular weight excluding hydrogens is 183 g/mol. The number of hydrogen-bond donors (Lipinski definition) is 0. The minimum atomic E-state index is 0.553. The molecule has 0 N–H and O–H groups in total. The Morgan fingerprint density at radius 2 is 2.00 bits per heavy atom. The van der Waals surface area contributed by atoms with Crippen molar-refractivity contribution in [2.24, 2.45) is 0 Å². The van der Waals surface area contributed by atoms with Gasteiger partial charge in [-0.3, -0.25) is 0 Å². The highest BCUT2D eigenvalue weighted by atomic mass is 35.5. The van der Waals surface area contributed by atoms with Crippen LogP contribution in [0.1, 0.15) is 0 Å². The minimum absolute atomic E-state index is 0.553. The molecule has 11 heavy (non-hydrogen) atoms. The maximum Gasteiger partial charge on any atom is 0.152 e. The zero-order valence-electron chi connectivity index (χ0n) is 5.47. The van der Waals surface area contributed by atoms with Crippen molar-refractivity contribution in [1.29, 1.82) is 0 Å². The molecule has 1 nitrogen and oxygen atoms in total. The molecule has 0 spiro atoms. The van der Waals surface area contributed by atoms with Gasteiger partial charge in [0.25, 0.3) is 0 Å². The second-order valence-corrected chi connectivity index (χ2v) is 3.07. The van der Waals surface area contributed by atoms with E-state index in [9.17, 15) is 0 Å². The Labute approximate surface area is 73.5 Å². The molecule has 0 aliphatic rings. The van der Waals surface area contributed by atoms with Crippen LogP contribution in [-0.4, -0.2) is 0 Å². The summed E-state index contributed by atoms with van der Waals surface area (Å²) in [4.78, 5) is 0. The summed E-state index contributed by atoms with van der Waals surface area (Å²) in [6.07, 6.45) is 1.59. The summed E-state index contributed by atoms with van der Waals surface area (Å²) in [5, 5.41) is 2.11. The van der Waals surface area contributed by atoms with Crippen LogP contribution in [0.25, 0.3) is 11.0 Å². The summed E-state index contributed by atoms with van der Waals surface area (Å²) in [5.74, 6) is 0. The summed E-state index contributed by atoms with van der Waals surface area (Å²) >= 11 is 11.6. The van der Waals surface area contributed by atoms with E-state index in [4.69, 9.17) is 27.6 Å². The number of benzene rings is 1. The summed E-state index contributed by atoms with van der Waals surface area (Å²) in [6.45, 7) is 0. The van der Waals surface area contributed by atoms with Crippen molar-refractivity contribution in [3.63, 3.8) is 0 Å². The van der Waals surface area contributed by atoms with Gasteiger partial charge in [0.15, 0.2) is 5.58 Å². The topological polar surface area (TPSA) is 13.1 Å². The molecule has 0 saturated heterocycles. The van der Waals surface area contributed by atoms with Crippen molar-refractivity contribution in [3.8, 4) is 0 Å². The van der Waals surface area contributed by atoms with Crippen LogP contribution in [0.3, 0.4) is 0 Å². The fourth-order valence-electron chi connectivity index (χ4n) is 1.00. The monoisotopic (exact) mass is 186 g/mol. The van der Waals surface area contributed by atoms with Gasteiger partial charge in [-0.25, -0.2) is 0 Å². The van der Waals surface area contributed by atoms with Gasteiger partial charge in [-0.05, 0) is 18.2 Å². The normalized spacial score (nSPS) is 10.7. The molecule has 0 aliphatic carbocycles. The van der Waals surface area contributed by atoms with Crippen LogP contribution in [0, 0.1) is 0 Å². The molecular formula is C8H4Cl2O. The molecule has 0 radical (unpaired) electrons. The molecule has 1 aromatic heterocycles. The summed E-state index contributed by atoms with van der Waals surface area (Å²) < 4.78 is 5.11. The van der Waals surface area contributed by atoms with E-state index in [2.05, 4.69) is 0 Å². The van der Waals surface area contributed by atoms with Crippen LogP contribution in [0.4, 0.5) is 0 Å². The third-order valence-corrected chi connectivity index (χ3v) is 1.97. The van der Waals surface area contributed by atoms with Crippen molar-refractivity contribution < 1.29 is 4.42 Å². The predicted molar refractivity (Wildman–Crippen MR) is 46.2 cm³/mol. The van der Waals surface area contributed by atoms with Gasteiger partial charge in [0.1, 0.15) is 0 Å². The fraction of sp³-hybridized carbons (Fsp3) is 0. The van der Waals surface area contributed by atoms with E-state index in [0.717, 1.165) is 5.39 Å². The lowest BCUT2D eigenvalue weighted by Gasteiger charge is -1.92. The summed E-state index contributed by atoms with van der Waals surface area (Å²) in [6, 6.07) is 5.30. The summed E-state index contributed by atoms with van der Waals surface area (Å²) in [5.41, 5.74) is 0.691. The van der Waals surface area contributed by atoms with Gasteiger partial charge in [0.05, 0.1) is 11.3 Å². The van der Waals surface area contributed by atoms with Gasteiger partial charge < -0.3 is 4.42 Å². The second-order valence-electron chi connectivity index (χ2n) is 2.23. The average Bonchev–Trinajstić information content (AvgIpc) is 2.34. The second kappa shape index (κ2) is 2.43. The van der Waals surface area contributed by atoms with Crippen LogP contribution < -0.4 is 0 Å². The minimum Gasteiger partial charge on any atom is -0.463 e. The molecule has 0 fully saturated rings. The first kappa shape index (κ1) is 7.01. The molecule has 2 rings (SSSR count). The molecule has 1 aromatic carbocycles. The third-order valence-electron chi connectivity index (χ3n) is 1.47. The molecule has 0 amide bonds. The molecule has 56 valence electrons. The first-order valence-electron chi connectivity index (χ1n) is 3.09. The van der Waals surface area contributed by atoms with Gasteiger partial charge in [-0.1, -0.05) is 23.2 Å². The third kappa shape index (κ3) is 1.10. The lowest BCUT2D eigenvalue weighted by Crippen LogP contribution is -1.67. The number of halogens is 2. The first-order chi connectivity index (χ1) is 5.27. The molecule has 2 aromatic rings. The number of hydrogen-bond acceptors (Lipinski definition) is 1. The zero-order chi connectivity index (χ0) is 7.84.